The number of carboxylic acids is 1. The Balaban J connectivity index is 1.61. The van der Waals surface area contributed by atoms with Gasteiger partial charge in [-0.05, 0) is 31.0 Å². The molecule has 3 rings (SSSR count). The van der Waals surface area contributed by atoms with Crippen molar-refractivity contribution in [3.63, 3.8) is 0 Å². The van der Waals surface area contributed by atoms with Crippen molar-refractivity contribution in [2.45, 2.75) is 38.5 Å². The molecule has 0 radical (unpaired) electrons. The van der Waals surface area contributed by atoms with E-state index >= 15 is 0 Å². The molecule has 8 heteroatoms. The van der Waals surface area contributed by atoms with E-state index in [-0.39, 0.29) is 12.3 Å². The summed E-state index contributed by atoms with van der Waals surface area (Å²) in [7, 11) is 1.78. The van der Waals surface area contributed by atoms with E-state index in [0.29, 0.717) is 48.9 Å². The zero-order valence-electron chi connectivity index (χ0n) is 16.6. The van der Waals surface area contributed by atoms with Crippen molar-refractivity contribution in [1.82, 2.24) is 15.1 Å². The number of hydrogen-bond acceptors (Lipinski definition) is 5. The lowest BCUT2D eigenvalue weighted by Crippen LogP contribution is -2.24. The molecule has 1 aliphatic heterocycles. The first kappa shape index (κ1) is 20.7. The third-order valence-electron chi connectivity index (χ3n) is 4.70. The number of nitrogens with one attached hydrogen (secondary N) is 1. The van der Waals surface area contributed by atoms with Gasteiger partial charge in [0.25, 0.3) is 5.91 Å². The molecule has 2 heterocycles. The predicted octanol–water partition coefficient (Wildman–Crippen LogP) is 3.01. The number of carbonyl (C=O) groups is 2. The Labute approximate surface area is 169 Å². The van der Waals surface area contributed by atoms with Crippen molar-refractivity contribution in [2.24, 2.45) is 7.05 Å². The zero-order valence-corrected chi connectivity index (χ0v) is 16.6. The van der Waals surface area contributed by atoms with E-state index < -0.39 is 5.97 Å². The van der Waals surface area contributed by atoms with Crippen LogP contribution >= 0.6 is 0 Å². The number of ether oxygens (including phenoxy) is 2. The summed E-state index contributed by atoms with van der Waals surface area (Å²) in [6, 6.07) is 5.60. The fourth-order valence-corrected chi connectivity index (χ4v) is 3.23. The third-order valence-corrected chi connectivity index (χ3v) is 4.70. The van der Waals surface area contributed by atoms with E-state index in [9.17, 15) is 9.59 Å². The minimum absolute atomic E-state index is 0.175. The van der Waals surface area contributed by atoms with Crippen molar-refractivity contribution < 1.29 is 24.2 Å². The average molecular weight is 401 g/mol. The quantitative estimate of drug-likeness (QED) is 0.626. The summed E-state index contributed by atoms with van der Waals surface area (Å²) in [5.41, 5.74) is 1.91. The second-order valence-electron chi connectivity index (χ2n) is 7.09. The molecule has 0 saturated heterocycles. The Hall–Kier alpha value is -3.03. The lowest BCUT2D eigenvalue weighted by atomic mass is 10.1. The Morgan fingerprint density at radius 2 is 1.90 bits per heavy atom. The second-order valence-corrected chi connectivity index (χ2v) is 7.09. The van der Waals surface area contributed by atoms with Gasteiger partial charge in [-0.3, -0.25) is 14.3 Å². The Kier molecular flexibility index (Phi) is 7.10. The van der Waals surface area contributed by atoms with Crippen LogP contribution in [0.4, 0.5) is 0 Å². The number of aromatic nitrogens is 2. The van der Waals surface area contributed by atoms with Crippen molar-refractivity contribution >= 4 is 11.9 Å². The molecule has 1 amide bonds. The van der Waals surface area contributed by atoms with Gasteiger partial charge in [-0.1, -0.05) is 12.8 Å². The summed E-state index contributed by atoms with van der Waals surface area (Å²) in [4.78, 5) is 23.2. The number of amides is 1. The summed E-state index contributed by atoms with van der Waals surface area (Å²) in [5.74, 6) is 0.428. The summed E-state index contributed by atoms with van der Waals surface area (Å²) in [6.07, 6.45) is 5.94. The van der Waals surface area contributed by atoms with Gasteiger partial charge in [0.15, 0.2) is 11.5 Å². The number of carbonyl (C=O) groups excluding carboxylic acids is 1. The summed E-state index contributed by atoms with van der Waals surface area (Å²) < 4.78 is 13.0. The van der Waals surface area contributed by atoms with Gasteiger partial charge in [-0.15, -0.1) is 0 Å². The number of fused-ring (bicyclic) bond motifs is 1. The van der Waals surface area contributed by atoms with E-state index in [4.69, 9.17) is 14.6 Å². The number of benzene rings is 1. The van der Waals surface area contributed by atoms with E-state index in [1.165, 1.54) is 0 Å². The van der Waals surface area contributed by atoms with Gasteiger partial charge in [0.05, 0.1) is 18.8 Å². The molecule has 156 valence electrons. The highest BCUT2D eigenvalue weighted by Gasteiger charge is 2.19. The maximum Gasteiger partial charge on any atom is 0.303 e. The summed E-state index contributed by atoms with van der Waals surface area (Å²) in [5, 5.41) is 16.0. The van der Waals surface area contributed by atoms with E-state index in [2.05, 4.69) is 10.4 Å². The number of aliphatic carboxylic acids is 1. The average Bonchev–Trinajstić information content (AvgIpc) is 2.93. The van der Waals surface area contributed by atoms with Crippen LogP contribution in [0.15, 0.2) is 24.4 Å². The highest BCUT2D eigenvalue weighted by Crippen LogP contribution is 2.34. The molecule has 1 aromatic carbocycles. The van der Waals surface area contributed by atoms with Gasteiger partial charge >= 0.3 is 5.97 Å². The molecule has 2 N–H and O–H groups in total. The second kappa shape index (κ2) is 9.95. The number of carboxylic acid groups (broad SMARTS) is 1. The smallest absolute Gasteiger partial charge is 0.303 e. The van der Waals surface area contributed by atoms with Crippen LogP contribution in [0.2, 0.25) is 0 Å². The van der Waals surface area contributed by atoms with Gasteiger partial charge < -0.3 is 19.9 Å². The molecule has 29 heavy (non-hydrogen) atoms. The number of unbranched alkanes of at least 4 members (excludes halogenated alkanes) is 3. The summed E-state index contributed by atoms with van der Waals surface area (Å²) in [6.45, 7) is 1.76. The zero-order chi connectivity index (χ0) is 20.6. The van der Waals surface area contributed by atoms with Crippen LogP contribution in [0.3, 0.4) is 0 Å². The lowest BCUT2D eigenvalue weighted by Gasteiger charge is -2.09. The molecule has 8 nitrogen and oxygen atoms in total. The molecule has 0 bridgehead atoms. The first-order valence-electron chi connectivity index (χ1n) is 9.98. The number of hydrogen-bond donors (Lipinski definition) is 2. The summed E-state index contributed by atoms with van der Waals surface area (Å²) >= 11 is 0. The monoisotopic (exact) mass is 401 g/mol. The first-order chi connectivity index (χ1) is 14.0. The van der Waals surface area contributed by atoms with E-state index in [1.54, 1.807) is 17.9 Å². The molecule has 0 aliphatic carbocycles. The minimum atomic E-state index is -0.767. The van der Waals surface area contributed by atoms with Gasteiger partial charge in [-0.25, -0.2) is 0 Å². The van der Waals surface area contributed by atoms with Crippen LogP contribution in [-0.2, 0) is 11.8 Å². The maximum absolute atomic E-state index is 12.7. The topological polar surface area (TPSA) is 103 Å². The Morgan fingerprint density at radius 1 is 1.14 bits per heavy atom. The molecule has 1 aliphatic rings. The molecular formula is C21H27N3O5. The molecule has 0 spiro atoms. The van der Waals surface area contributed by atoms with E-state index in [0.717, 1.165) is 31.2 Å². The molecule has 2 aromatic rings. The molecular weight excluding hydrogens is 374 g/mol. The highest BCUT2D eigenvalue weighted by molar-refractivity contribution is 5.99. The third kappa shape index (κ3) is 5.73. The normalized spacial score (nSPS) is 13.0. The van der Waals surface area contributed by atoms with Gasteiger partial charge in [-0.2, -0.15) is 5.10 Å². The van der Waals surface area contributed by atoms with Crippen molar-refractivity contribution in [1.29, 1.82) is 0 Å². The fourth-order valence-electron chi connectivity index (χ4n) is 3.23. The van der Waals surface area contributed by atoms with Crippen LogP contribution in [0.1, 0.15) is 48.9 Å². The number of nitrogens with zero attached hydrogens (tertiary/aromatic N) is 2. The Morgan fingerprint density at radius 3 is 2.69 bits per heavy atom. The molecule has 0 unspecified atom stereocenters. The standard InChI is InChI=1S/C21H27N3O5/c1-24-14-16(21(27)22-10-5-3-2-4-7-19(25)26)20(23-24)15-8-9-17-18(13-15)29-12-6-11-28-17/h8-9,13-14H,2-7,10-12H2,1H3,(H,22,27)(H,25,26). The molecule has 0 saturated carbocycles. The lowest BCUT2D eigenvalue weighted by molar-refractivity contribution is -0.137. The van der Waals surface area contributed by atoms with Gasteiger partial charge in [0.1, 0.15) is 5.69 Å². The molecule has 0 atom stereocenters. The molecule has 0 fully saturated rings. The van der Waals surface area contributed by atoms with Crippen LogP contribution in [0, 0.1) is 0 Å². The van der Waals surface area contributed by atoms with Crippen LogP contribution in [-0.4, -0.2) is 46.5 Å². The van der Waals surface area contributed by atoms with Crippen LogP contribution in [0.5, 0.6) is 11.5 Å². The number of rotatable bonds is 9. The van der Waals surface area contributed by atoms with Gasteiger partial charge in [0, 0.05) is 38.2 Å². The number of aryl methyl sites for hydroxylation is 1. The van der Waals surface area contributed by atoms with Crippen LogP contribution in [0.25, 0.3) is 11.3 Å². The predicted molar refractivity (Wildman–Crippen MR) is 107 cm³/mol. The first-order valence-corrected chi connectivity index (χ1v) is 9.98. The fraction of sp³-hybridized carbons (Fsp3) is 0.476. The maximum atomic E-state index is 12.7. The minimum Gasteiger partial charge on any atom is -0.490 e. The van der Waals surface area contributed by atoms with Crippen molar-refractivity contribution in [3.8, 4) is 22.8 Å². The highest BCUT2D eigenvalue weighted by atomic mass is 16.5. The largest absolute Gasteiger partial charge is 0.490 e. The Bertz CT molecular complexity index is 862. The van der Waals surface area contributed by atoms with Crippen molar-refractivity contribution in [3.05, 3.63) is 30.0 Å². The van der Waals surface area contributed by atoms with Crippen molar-refractivity contribution in [2.75, 3.05) is 19.8 Å². The SMILES string of the molecule is Cn1cc(C(=O)NCCCCCCC(=O)O)c(-c2ccc3c(c2)OCCCO3)n1. The van der Waals surface area contributed by atoms with Crippen LogP contribution < -0.4 is 14.8 Å². The molecule has 1 aromatic heterocycles. The van der Waals surface area contributed by atoms with Gasteiger partial charge in [0.2, 0.25) is 0 Å². The van der Waals surface area contributed by atoms with E-state index in [1.807, 2.05) is 18.2 Å².